The summed E-state index contributed by atoms with van der Waals surface area (Å²) in [7, 11) is 0. The monoisotopic (exact) mass is 502 g/mol. The first-order valence-corrected chi connectivity index (χ1v) is 14.0. The largest absolute Gasteiger partial charge is 0.352 e. The van der Waals surface area contributed by atoms with Crippen LogP contribution >= 0.6 is 0 Å². The molecule has 4 aromatic rings. The molecule has 0 spiro atoms. The van der Waals surface area contributed by atoms with Crippen LogP contribution in [0.15, 0.2) is 109 Å². The summed E-state index contributed by atoms with van der Waals surface area (Å²) in [6, 6.07) is 40.2. The number of hydrogen-bond acceptors (Lipinski definition) is 4. The Labute approximate surface area is 227 Å². The molecule has 0 radical (unpaired) electrons. The first-order valence-electron chi connectivity index (χ1n) is 14.0. The van der Waals surface area contributed by atoms with Crippen LogP contribution in [-0.2, 0) is 0 Å². The number of benzene rings is 4. The summed E-state index contributed by atoms with van der Waals surface area (Å²) in [5.74, 6) is 0. The zero-order valence-electron chi connectivity index (χ0n) is 22.6. The molecule has 0 unspecified atom stereocenters. The van der Waals surface area contributed by atoms with Gasteiger partial charge in [-0.3, -0.25) is 0 Å². The Hall–Kier alpha value is -3.92. The molecule has 0 N–H and O–H groups in total. The van der Waals surface area contributed by atoms with Crippen molar-refractivity contribution in [3.63, 3.8) is 0 Å². The van der Waals surface area contributed by atoms with Crippen LogP contribution in [-0.4, -0.2) is 26.4 Å². The van der Waals surface area contributed by atoms with Crippen molar-refractivity contribution < 1.29 is 0 Å². The van der Waals surface area contributed by atoms with Crippen LogP contribution < -0.4 is 19.6 Å². The summed E-state index contributed by atoms with van der Waals surface area (Å²) in [6.07, 6.45) is 2.35. The van der Waals surface area contributed by atoms with Crippen LogP contribution in [0.2, 0.25) is 0 Å². The standard InChI is InChI=1S/C34H38N4/c1-27(29-15-5-3-6-16-29)37-25-35(31-19-9-11-21-33(31)37)23-13-14-24-36-26-38(34-22-12-10-20-32(34)36)28(2)30-17-7-4-8-18-30/h3-12,15-22,27-28H,13-14,23-26H2,1-2H3/t27-,28-/m0/s1. The smallest absolute Gasteiger partial charge is 0.0910 e. The predicted molar refractivity (Wildman–Crippen MR) is 161 cm³/mol. The topological polar surface area (TPSA) is 13.0 Å². The van der Waals surface area contributed by atoms with Crippen LogP contribution in [0.3, 0.4) is 0 Å². The van der Waals surface area contributed by atoms with Crippen LogP contribution in [0.1, 0.15) is 49.9 Å². The van der Waals surface area contributed by atoms with Crippen molar-refractivity contribution in [3.8, 4) is 0 Å². The summed E-state index contributed by atoms with van der Waals surface area (Å²) < 4.78 is 0. The van der Waals surface area contributed by atoms with Gasteiger partial charge in [0, 0.05) is 13.1 Å². The maximum atomic E-state index is 2.57. The van der Waals surface area contributed by atoms with Gasteiger partial charge in [-0.2, -0.15) is 0 Å². The van der Waals surface area contributed by atoms with Gasteiger partial charge >= 0.3 is 0 Å². The molecule has 4 nitrogen and oxygen atoms in total. The van der Waals surface area contributed by atoms with E-state index in [1.807, 2.05) is 0 Å². The molecule has 6 rings (SSSR count). The Bertz CT molecular complexity index is 1230. The molecule has 0 aromatic heterocycles. The van der Waals surface area contributed by atoms with Gasteiger partial charge < -0.3 is 19.6 Å². The third-order valence-electron chi connectivity index (χ3n) is 8.31. The molecule has 0 fully saturated rings. The summed E-state index contributed by atoms with van der Waals surface area (Å²) in [5, 5.41) is 0. The van der Waals surface area contributed by atoms with Crippen LogP contribution in [0.4, 0.5) is 22.7 Å². The van der Waals surface area contributed by atoms with Gasteiger partial charge in [-0.1, -0.05) is 84.9 Å². The first kappa shape index (κ1) is 24.4. The van der Waals surface area contributed by atoms with E-state index in [9.17, 15) is 0 Å². The molecule has 0 aliphatic carbocycles. The lowest BCUT2D eigenvalue weighted by Crippen LogP contribution is -2.35. The third-order valence-corrected chi connectivity index (χ3v) is 8.31. The Balaban J connectivity index is 1.09. The van der Waals surface area contributed by atoms with E-state index >= 15 is 0 Å². The van der Waals surface area contributed by atoms with Crippen LogP contribution in [0.5, 0.6) is 0 Å². The molecule has 0 saturated heterocycles. The summed E-state index contributed by atoms with van der Waals surface area (Å²) in [4.78, 5) is 10.2. The lowest BCUT2D eigenvalue weighted by molar-refractivity contribution is 0.625. The molecular formula is C34H38N4. The highest BCUT2D eigenvalue weighted by molar-refractivity contribution is 5.77. The fraction of sp³-hybridized carbons (Fsp3) is 0.294. The zero-order chi connectivity index (χ0) is 25.9. The molecule has 0 bridgehead atoms. The van der Waals surface area contributed by atoms with Gasteiger partial charge in [0.15, 0.2) is 0 Å². The quantitative estimate of drug-likeness (QED) is 0.216. The van der Waals surface area contributed by atoms with Crippen molar-refractivity contribution >= 4 is 22.7 Å². The van der Waals surface area contributed by atoms with E-state index in [1.165, 1.54) is 46.7 Å². The van der Waals surface area contributed by atoms with Gasteiger partial charge in [-0.25, -0.2) is 0 Å². The normalized spacial score (nSPS) is 15.9. The molecule has 2 aliphatic heterocycles. The number of para-hydroxylation sites is 4. The van der Waals surface area contributed by atoms with Crippen molar-refractivity contribution in [2.75, 3.05) is 46.0 Å². The highest BCUT2D eigenvalue weighted by atomic mass is 15.4. The van der Waals surface area contributed by atoms with Crippen molar-refractivity contribution in [2.24, 2.45) is 0 Å². The highest BCUT2D eigenvalue weighted by Gasteiger charge is 2.30. The number of nitrogens with zero attached hydrogens (tertiary/aromatic N) is 4. The molecule has 194 valence electrons. The van der Waals surface area contributed by atoms with E-state index < -0.39 is 0 Å². The molecular weight excluding hydrogens is 464 g/mol. The second-order valence-corrected chi connectivity index (χ2v) is 10.6. The average Bonchev–Trinajstić information content (AvgIpc) is 3.54. The van der Waals surface area contributed by atoms with Crippen LogP contribution in [0, 0.1) is 0 Å². The van der Waals surface area contributed by atoms with E-state index in [-0.39, 0.29) is 0 Å². The van der Waals surface area contributed by atoms with Crippen molar-refractivity contribution in [1.29, 1.82) is 0 Å². The molecule has 38 heavy (non-hydrogen) atoms. The van der Waals surface area contributed by atoms with E-state index in [0.29, 0.717) is 12.1 Å². The summed E-state index contributed by atoms with van der Waals surface area (Å²) in [6.45, 7) is 8.70. The van der Waals surface area contributed by atoms with Gasteiger partial charge in [0.05, 0.1) is 48.2 Å². The third kappa shape index (κ3) is 4.71. The minimum atomic E-state index is 0.348. The highest BCUT2D eigenvalue weighted by Crippen LogP contribution is 2.42. The Kier molecular flexibility index (Phi) is 6.96. The van der Waals surface area contributed by atoms with Crippen molar-refractivity contribution in [3.05, 3.63) is 120 Å². The zero-order valence-corrected chi connectivity index (χ0v) is 22.6. The summed E-state index contributed by atoms with van der Waals surface area (Å²) in [5.41, 5.74) is 8.16. The maximum absolute atomic E-state index is 2.57. The van der Waals surface area contributed by atoms with E-state index in [4.69, 9.17) is 0 Å². The number of anilines is 4. The SMILES string of the molecule is C[C@@H](c1ccccc1)N1CN(CCCCN2CN([C@@H](C)c3ccccc3)c3ccccc32)c2ccccc21. The molecule has 0 saturated carbocycles. The maximum Gasteiger partial charge on any atom is 0.0910 e. The van der Waals surface area contributed by atoms with Gasteiger partial charge in [0.25, 0.3) is 0 Å². The van der Waals surface area contributed by atoms with Gasteiger partial charge in [0.2, 0.25) is 0 Å². The van der Waals surface area contributed by atoms with Gasteiger partial charge in [-0.15, -0.1) is 0 Å². The van der Waals surface area contributed by atoms with Gasteiger partial charge in [0.1, 0.15) is 0 Å². The molecule has 4 aromatic carbocycles. The molecule has 4 heteroatoms. The molecule has 0 amide bonds. The number of unbranched alkanes of at least 4 members (excludes halogenated alkanes) is 1. The Morgan fingerprint density at radius 2 is 0.816 bits per heavy atom. The Morgan fingerprint density at radius 1 is 0.474 bits per heavy atom. The average molecular weight is 503 g/mol. The van der Waals surface area contributed by atoms with E-state index in [2.05, 4.69) is 143 Å². The number of rotatable bonds is 9. The molecule has 2 aliphatic rings. The second-order valence-electron chi connectivity index (χ2n) is 10.6. The van der Waals surface area contributed by atoms with E-state index in [1.54, 1.807) is 0 Å². The van der Waals surface area contributed by atoms with Crippen molar-refractivity contribution in [1.82, 2.24) is 0 Å². The Morgan fingerprint density at radius 3 is 1.21 bits per heavy atom. The lowest BCUT2D eigenvalue weighted by atomic mass is 10.1. The number of hydrogen-bond donors (Lipinski definition) is 0. The van der Waals surface area contributed by atoms with Crippen LogP contribution in [0.25, 0.3) is 0 Å². The minimum Gasteiger partial charge on any atom is -0.352 e. The minimum absolute atomic E-state index is 0.348. The second kappa shape index (κ2) is 10.8. The fourth-order valence-electron chi connectivity index (χ4n) is 6.09. The van der Waals surface area contributed by atoms with Crippen molar-refractivity contribution in [2.45, 2.75) is 38.8 Å². The molecule has 2 atom stereocenters. The van der Waals surface area contributed by atoms with Gasteiger partial charge in [-0.05, 0) is 62.1 Å². The lowest BCUT2D eigenvalue weighted by Gasteiger charge is -2.29. The predicted octanol–water partition coefficient (Wildman–Crippen LogP) is 7.86. The fourth-order valence-corrected chi connectivity index (χ4v) is 6.09. The molecule has 2 heterocycles. The number of fused-ring (bicyclic) bond motifs is 2. The van der Waals surface area contributed by atoms with E-state index in [0.717, 1.165) is 26.4 Å². The first-order chi connectivity index (χ1) is 18.7. The summed E-state index contributed by atoms with van der Waals surface area (Å²) >= 11 is 0.